The molecule has 4 heteroatoms. The number of hydrogen-bond acceptors (Lipinski definition) is 3. The van der Waals surface area contributed by atoms with Crippen LogP contribution in [0.15, 0.2) is 54.2 Å². The Labute approximate surface area is 179 Å². The zero-order valence-electron chi connectivity index (χ0n) is 18.0. The summed E-state index contributed by atoms with van der Waals surface area (Å²) in [7, 11) is 0. The van der Waals surface area contributed by atoms with Crippen LogP contribution < -0.4 is 10.1 Å². The lowest BCUT2D eigenvalue weighted by Gasteiger charge is -2.48. The number of aromatic nitrogens is 1. The fraction of sp³-hybridized carbons (Fsp3) is 0.462. The number of H-pyrrole nitrogens is 1. The number of para-hydroxylation sites is 1. The van der Waals surface area contributed by atoms with Crippen molar-refractivity contribution in [1.82, 2.24) is 15.2 Å². The lowest BCUT2D eigenvalue weighted by molar-refractivity contribution is 0.0951. The lowest BCUT2D eigenvalue weighted by atomic mass is 9.74. The number of rotatable bonds is 8. The predicted molar refractivity (Wildman–Crippen MR) is 125 cm³/mol. The summed E-state index contributed by atoms with van der Waals surface area (Å²) in [6.45, 7) is 7.48. The van der Waals surface area contributed by atoms with Gasteiger partial charge in [0.2, 0.25) is 0 Å². The SMILES string of the molecule is CCNCCCC1C(=CCOc2ccc3c(c2)[nH]c2ccccc23)N2CCC1CC2. The van der Waals surface area contributed by atoms with Gasteiger partial charge in [0.1, 0.15) is 12.4 Å². The highest BCUT2D eigenvalue weighted by Crippen LogP contribution is 2.42. The summed E-state index contributed by atoms with van der Waals surface area (Å²) in [5.41, 5.74) is 3.86. The van der Waals surface area contributed by atoms with Crippen LogP contribution in [0, 0.1) is 11.8 Å². The number of aromatic amines is 1. The fourth-order valence-corrected chi connectivity index (χ4v) is 5.47. The lowest BCUT2D eigenvalue weighted by Crippen LogP contribution is -2.46. The maximum atomic E-state index is 6.18. The van der Waals surface area contributed by atoms with E-state index in [9.17, 15) is 0 Å². The van der Waals surface area contributed by atoms with E-state index in [1.54, 1.807) is 5.70 Å². The summed E-state index contributed by atoms with van der Waals surface area (Å²) in [6, 6.07) is 14.9. The monoisotopic (exact) mass is 403 g/mol. The van der Waals surface area contributed by atoms with Crippen molar-refractivity contribution in [3.05, 3.63) is 54.2 Å². The number of nitrogens with zero attached hydrogens (tertiary/aromatic N) is 1. The predicted octanol–water partition coefficient (Wildman–Crippen LogP) is 5.32. The number of hydrogen-bond donors (Lipinski definition) is 2. The van der Waals surface area contributed by atoms with E-state index in [-0.39, 0.29) is 0 Å². The molecule has 3 saturated heterocycles. The van der Waals surface area contributed by atoms with Crippen LogP contribution in [0.3, 0.4) is 0 Å². The molecule has 1 atom stereocenters. The third kappa shape index (κ3) is 3.81. The highest BCUT2D eigenvalue weighted by Gasteiger charge is 2.37. The summed E-state index contributed by atoms with van der Waals surface area (Å²) in [5.74, 6) is 2.52. The standard InChI is InChI=1S/C26H33N3O/c1-2-27-14-5-7-21-19-11-15-29(16-12-19)26(21)13-17-30-20-9-10-23-22-6-3-4-8-24(22)28-25(23)18-20/h3-4,6,8-10,13,18-19,21,27-28H,2,5,7,11-12,14-17H2,1H3. The van der Waals surface area contributed by atoms with Gasteiger partial charge in [-0.25, -0.2) is 0 Å². The fourth-order valence-electron chi connectivity index (χ4n) is 5.47. The molecule has 3 aromatic rings. The summed E-state index contributed by atoms with van der Waals surface area (Å²) in [6.07, 6.45) is 7.64. The van der Waals surface area contributed by atoms with Gasteiger partial charge in [-0.2, -0.15) is 0 Å². The second kappa shape index (κ2) is 8.73. The Balaban J connectivity index is 1.28. The van der Waals surface area contributed by atoms with Crippen LogP contribution in [0.5, 0.6) is 5.75 Å². The molecule has 4 heterocycles. The molecule has 3 aliphatic heterocycles. The van der Waals surface area contributed by atoms with Crippen molar-refractivity contribution < 1.29 is 4.74 Å². The number of piperidine rings is 3. The van der Waals surface area contributed by atoms with Crippen LogP contribution in [0.4, 0.5) is 0 Å². The van der Waals surface area contributed by atoms with E-state index >= 15 is 0 Å². The zero-order valence-corrected chi connectivity index (χ0v) is 18.0. The molecule has 2 bridgehead atoms. The minimum absolute atomic E-state index is 0.647. The van der Waals surface area contributed by atoms with Gasteiger partial charge in [-0.3, -0.25) is 0 Å². The molecule has 158 valence electrons. The summed E-state index contributed by atoms with van der Waals surface area (Å²) in [5, 5.41) is 6.00. The molecule has 1 unspecified atom stereocenters. The van der Waals surface area contributed by atoms with Gasteiger partial charge in [0, 0.05) is 47.1 Å². The summed E-state index contributed by atoms with van der Waals surface area (Å²) >= 11 is 0. The largest absolute Gasteiger partial charge is 0.489 e. The van der Waals surface area contributed by atoms with Crippen molar-refractivity contribution in [2.45, 2.75) is 32.6 Å². The number of fused-ring (bicyclic) bond motifs is 6. The Bertz CT molecular complexity index is 1030. The second-order valence-electron chi connectivity index (χ2n) is 8.74. The number of allylic oxidation sites excluding steroid dienone is 1. The molecule has 0 radical (unpaired) electrons. The molecular weight excluding hydrogens is 370 g/mol. The van der Waals surface area contributed by atoms with Crippen LogP contribution in [-0.2, 0) is 0 Å². The third-order valence-corrected chi connectivity index (χ3v) is 6.99. The Kier molecular flexibility index (Phi) is 5.67. The van der Waals surface area contributed by atoms with E-state index in [0.717, 1.165) is 30.3 Å². The maximum Gasteiger partial charge on any atom is 0.121 e. The molecule has 1 aromatic heterocycles. The van der Waals surface area contributed by atoms with Crippen LogP contribution in [0.25, 0.3) is 21.8 Å². The van der Waals surface area contributed by atoms with Crippen LogP contribution in [0.1, 0.15) is 32.6 Å². The number of ether oxygens (including phenoxy) is 1. The molecule has 0 spiro atoms. The molecule has 3 aliphatic rings. The van der Waals surface area contributed by atoms with Gasteiger partial charge in [0.05, 0.1) is 5.52 Å². The highest BCUT2D eigenvalue weighted by atomic mass is 16.5. The number of nitrogens with one attached hydrogen (secondary N) is 2. The van der Waals surface area contributed by atoms with Gasteiger partial charge in [0.25, 0.3) is 0 Å². The second-order valence-corrected chi connectivity index (χ2v) is 8.74. The van der Waals surface area contributed by atoms with Gasteiger partial charge in [-0.15, -0.1) is 0 Å². The van der Waals surface area contributed by atoms with Crippen molar-refractivity contribution in [2.24, 2.45) is 11.8 Å². The molecular formula is C26H33N3O. The maximum absolute atomic E-state index is 6.18. The van der Waals surface area contributed by atoms with E-state index in [1.807, 2.05) is 0 Å². The topological polar surface area (TPSA) is 40.3 Å². The average molecular weight is 404 g/mol. The molecule has 30 heavy (non-hydrogen) atoms. The van der Waals surface area contributed by atoms with Crippen molar-refractivity contribution >= 4 is 21.8 Å². The molecule has 2 aromatic carbocycles. The first-order chi connectivity index (χ1) is 14.8. The quantitative estimate of drug-likeness (QED) is 0.501. The first-order valence-corrected chi connectivity index (χ1v) is 11.6. The number of benzene rings is 2. The van der Waals surface area contributed by atoms with E-state index < -0.39 is 0 Å². The van der Waals surface area contributed by atoms with E-state index in [4.69, 9.17) is 4.74 Å². The summed E-state index contributed by atoms with van der Waals surface area (Å²) in [4.78, 5) is 6.12. The van der Waals surface area contributed by atoms with Crippen LogP contribution in [-0.4, -0.2) is 42.7 Å². The average Bonchev–Trinajstić information content (AvgIpc) is 3.16. The van der Waals surface area contributed by atoms with Crippen molar-refractivity contribution in [3.63, 3.8) is 0 Å². The Morgan fingerprint density at radius 2 is 1.93 bits per heavy atom. The smallest absolute Gasteiger partial charge is 0.121 e. The highest BCUT2D eigenvalue weighted by molar-refractivity contribution is 6.07. The minimum Gasteiger partial charge on any atom is -0.489 e. The van der Waals surface area contributed by atoms with Crippen molar-refractivity contribution in [3.8, 4) is 5.75 Å². The van der Waals surface area contributed by atoms with E-state index in [0.29, 0.717) is 12.5 Å². The van der Waals surface area contributed by atoms with Gasteiger partial charge in [-0.05, 0) is 69.0 Å². The Morgan fingerprint density at radius 3 is 2.80 bits per heavy atom. The molecule has 0 amide bonds. The van der Waals surface area contributed by atoms with Gasteiger partial charge in [0.15, 0.2) is 0 Å². The van der Waals surface area contributed by atoms with E-state index in [2.05, 4.69) is 70.7 Å². The van der Waals surface area contributed by atoms with Gasteiger partial charge < -0.3 is 19.9 Å². The molecule has 0 aliphatic carbocycles. The first-order valence-electron chi connectivity index (χ1n) is 11.6. The van der Waals surface area contributed by atoms with Crippen molar-refractivity contribution in [2.75, 3.05) is 32.8 Å². The van der Waals surface area contributed by atoms with Gasteiger partial charge >= 0.3 is 0 Å². The molecule has 4 nitrogen and oxygen atoms in total. The van der Waals surface area contributed by atoms with Crippen LogP contribution in [0.2, 0.25) is 0 Å². The minimum atomic E-state index is 0.647. The third-order valence-electron chi connectivity index (χ3n) is 6.99. The molecule has 6 rings (SSSR count). The van der Waals surface area contributed by atoms with Crippen LogP contribution >= 0.6 is 0 Å². The molecule has 2 N–H and O–H groups in total. The molecule has 0 saturated carbocycles. The Hall–Kier alpha value is -2.46. The van der Waals surface area contributed by atoms with Crippen molar-refractivity contribution in [1.29, 1.82) is 0 Å². The summed E-state index contributed by atoms with van der Waals surface area (Å²) < 4.78 is 6.18. The normalized spacial score (nSPS) is 22.4. The Morgan fingerprint density at radius 1 is 1.10 bits per heavy atom. The molecule has 3 fully saturated rings. The zero-order chi connectivity index (χ0) is 20.3. The van der Waals surface area contributed by atoms with Gasteiger partial charge in [-0.1, -0.05) is 25.1 Å². The first kappa shape index (κ1) is 19.5. The van der Waals surface area contributed by atoms with E-state index in [1.165, 1.54) is 55.1 Å².